The standard InChI is InChI=1S/C17H23ClN4O2S/c18-15-1-3-16(4-2-15)21-25(23,24)10-9-22-7-5-14(6-8-22)11-17-12-19-13-20-17/h1-4,12-14,21H,5-11H2,(H,19,20). The van der Waals surface area contributed by atoms with Gasteiger partial charge in [0, 0.05) is 29.1 Å². The van der Waals surface area contributed by atoms with E-state index in [1.165, 1.54) is 5.69 Å². The normalized spacial score (nSPS) is 16.8. The summed E-state index contributed by atoms with van der Waals surface area (Å²) in [6.45, 7) is 2.43. The van der Waals surface area contributed by atoms with Gasteiger partial charge in [-0.15, -0.1) is 0 Å². The molecule has 0 aliphatic carbocycles. The predicted molar refractivity (Wildman–Crippen MR) is 100 cm³/mol. The first kappa shape index (κ1) is 18.2. The number of rotatable bonds is 7. The van der Waals surface area contributed by atoms with E-state index in [1.807, 2.05) is 6.20 Å². The Morgan fingerprint density at radius 3 is 2.60 bits per heavy atom. The number of H-pyrrole nitrogens is 1. The summed E-state index contributed by atoms with van der Waals surface area (Å²) in [6.07, 6.45) is 6.78. The predicted octanol–water partition coefficient (Wildman–Crippen LogP) is 2.76. The van der Waals surface area contributed by atoms with Crippen LogP contribution in [0.4, 0.5) is 5.69 Å². The lowest BCUT2D eigenvalue weighted by Gasteiger charge is -2.31. The summed E-state index contributed by atoms with van der Waals surface area (Å²) in [5.74, 6) is 0.737. The zero-order valence-electron chi connectivity index (χ0n) is 14.0. The van der Waals surface area contributed by atoms with E-state index >= 15 is 0 Å². The van der Waals surface area contributed by atoms with E-state index in [0.29, 0.717) is 23.2 Å². The summed E-state index contributed by atoms with van der Waals surface area (Å²) in [5, 5.41) is 0.584. The maximum Gasteiger partial charge on any atom is 0.233 e. The molecule has 1 aliphatic heterocycles. The molecule has 0 spiro atoms. The lowest BCUT2D eigenvalue weighted by atomic mass is 9.92. The molecule has 0 unspecified atom stereocenters. The number of likely N-dealkylation sites (tertiary alicyclic amines) is 1. The second-order valence-electron chi connectivity index (χ2n) is 6.49. The third-order valence-electron chi connectivity index (χ3n) is 4.56. The van der Waals surface area contributed by atoms with Gasteiger partial charge in [0.2, 0.25) is 10.0 Å². The van der Waals surface area contributed by atoms with Crippen LogP contribution in [0.2, 0.25) is 5.02 Å². The number of sulfonamides is 1. The fourth-order valence-corrected chi connectivity index (χ4v) is 4.34. The zero-order valence-corrected chi connectivity index (χ0v) is 15.6. The number of halogens is 1. The van der Waals surface area contributed by atoms with Gasteiger partial charge in [-0.1, -0.05) is 11.6 Å². The number of hydrogen-bond acceptors (Lipinski definition) is 4. The van der Waals surface area contributed by atoms with Gasteiger partial charge in [0.15, 0.2) is 0 Å². The molecular formula is C17H23ClN4O2S. The topological polar surface area (TPSA) is 78.1 Å². The number of anilines is 1. The van der Waals surface area contributed by atoms with Gasteiger partial charge in [-0.2, -0.15) is 0 Å². The van der Waals surface area contributed by atoms with Gasteiger partial charge < -0.3 is 9.88 Å². The molecule has 6 nitrogen and oxygen atoms in total. The highest BCUT2D eigenvalue weighted by Gasteiger charge is 2.21. The molecule has 1 aromatic carbocycles. The monoisotopic (exact) mass is 382 g/mol. The Morgan fingerprint density at radius 2 is 1.96 bits per heavy atom. The van der Waals surface area contributed by atoms with Crippen molar-refractivity contribution >= 4 is 27.3 Å². The second-order valence-corrected chi connectivity index (χ2v) is 8.77. The highest BCUT2D eigenvalue weighted by atomic mass is 35.5. The van der Waals surface area contributed by atoms with Gasteiger partial charge in [0.25, 0.3) is 0 Å². The summed E-state index contributed by atoms with van der Waals surface area (Å²) < 4.78 is 27.0. The number of hydrogen-bond donors (Lipinski definition) is 2. The van der Waals surface area contributed by atoms with Crippen LogP contribution in [0.5, 0.6) is 0 Å². The molecule has 1 aliphatic rings. The largest absolute Gasteiger partial charge is 0.348 e. The maximum absolute atomic E-state index is 12.2. The molecule has 0 radical (unpaired) electrons. The molecule has 2 N–H and O–H groups in total. The van der Waals surface area contributed by atoms with Crippen molar-refractivity contribution in [3.8, 4) is 0 Å². The average Bonchev–Trinajstić information content (AvgIpc) is 3.09. The van der Waals surface area contributed by atoms with Crippen molar-refractivity contribution in [2.24, 2.45) is 5.92 Å². The van der Waals surface area contributed by atoms with Crippen molar-refractivity contribution in [2.75, 3.05) is 30.1 Å². The Bertz CT molecular complexity index is 754. The lowest BCUT2D eigenvalue weighted by molar-refractivity contribution is 0.192. The molecule has 3 rings (SSSR count). The highest BCUT2D eigenvalue weighted by Crippen LogP contribution is 2.21. The van der Waals surface area contributed by atoms with Crippen LogP contribution in [0, 0.1) is 5.92 Å². The first-order valence-corrected chi connectivity index (χ1v) is 10.5. The molecule has 1 fully saturated rings. The van der Waals surface area contributed by atoms with E-state index in [-0.39, 0.29) is 5.75 Å². The number of imidazole rings is 1. The van der Waals surface area contributed by atoms with Crippen molar-refractivity contribution in [3.05, 3.63) is 47.5 Å². The summed E-state index contributed by atoms with van der Waals surface area (Å²) in [5.41, 5.74) is 1.72. The first-order valence-electron chi connectivity index (χ1n) is 8.46. The molecule has 136 valence electrons. The number of nitrogens with zero attached hydrogens (tertiary/aromatic N) is 2. The third-order valence-corrected chi connectivity index (χ3v) is 6.08. The molecule has 0 atom stereocenters. The van der Waals surface area contributed by atoms with Crippen molar-refractivity contribution in [2.45, 2.75) is 19.3 Å². The molecule has 8 heteroatoms. The molecule has 1 saturated heterocycles. The summed E-state index contributed by atoms with van der Waals surface area (Å²) in [4.78, 5) is 9.42. The van der Waals surface area contributed by atoms with Crippen LogP contribution in [-0.2, 0) is 16.4 Å². The smallest absolute Gasteiger partial charge is 0.233 e. The van der Waals surface area contributed by atoms with Crippen LogP contribution in [-0.4, -0.2) is 48.7 Å². The molecule has 0 amide bonds. The number of piperidine rings is 1. The number of aromatic amines is 1. The van der Waals surface area contributed by atoms with Gasteiger partial charge in [-0.3, -0.25) is 4.72 Å². The van der Waals surface area contributed by atoms with Crippen LogP contribution in [0.15, 0.2) is 36.8 Å². The minimum atomic E-state index is -3.35. The minimum absolute atomic E-state index is 0.0981. The summed E-state index contributed by atoms with van der Waals surface area (Å²) in [6, 6.07) is 6.68. The number of nitrogens with one attached hydrogen (secondary N) is 2. The van der Waals surface area contributed by atoms with Gasteiger partial charge >= 0.3 is 0 Å². The van der Waals surface area contributed by atoms with Gasteiger partial charge in [-0.25, -0.2) is 13.4 Å². The molecule has 2 heterocycles. The maximum atomic E-state index is 12.2. The fraction of sp³-hybridized carbons (Fsp3) is 0.471. The van der Waals surface area contributed by atoms with Crippen LogP contribution < -0.4 is 4.72 Å². The first-order chi connectivity index (χ1) is 12.0. The van der Waals surface area contributed by atoms with E-state index in [9.17, 15) is 8.42 Å². The van der Waals surface area contributed by atoms with Crippen molar-refractivity contribution in [3.63, 3.8) is 0 Å². The molecular weight excluding hydrogens is 360 g/mol. The van der Waals surface area contributed by atoms with Crippen molar-refractivity contribution in [1.29, 1.82) is 0 Å². The van der Waals surface area contributed by atoms with Gasteiger partial charge in [0.1, 0.15) is 0 Å². The van der Waals surface area contributed by atoms with Crippen LogP contribution in [0.1, 0.15) is 18.5 Å². The molecule has 0 bridgehead atoms. The van der Waals surface area contributed by atoms with Crippen LogP contribution >= 0.6 is 11.6 Å². The van der Waals surface area contributed by atoms with E-state index in [0.717, 1.165) is 32.4 Å². The number of benzene rings is 1. The second kappa shape index (κ2) is 8.21. The molecule has 25 heavy (non-hydrogen) atoms. The van der Waals surface area contributed by atoms with Gasteiger partial charge in [0.05, 0.1) is 12.1 Å². The summed E-state index contributed by atoms with van der Waals surface area (Å²) in [7, 11) is -3.35. The Labute approximate surface area is 153 Å². The zero-order chi connectivity index (χ0) is 17.7. The Kier molecular flexibility index (Phi) is 5.98. The quantitative estimate of drug-likeness (QED) is 0.771. The van der Waals surface area contributed by atoms with E-state index in [2.05, 4.69) is 19.6 Å². The SMILES string of the molecule is O=S(=O)(CCN1CCC(Cc2cnc[nH]2)CC1)Nc1ccc(Cl)cc1. The Hall–Kier alpha value is -1.57. The van der Waals surface area contributed by atoms with Crippen molar-refractivity contribution in [1.82, 2.24) is 14.9 Å². The van der Waals surface area contributed by atoms with E-state index < -0.39 is 10.0 Å². The fourth-order valence-electron chi connectivity index (χ4n) is 3.12. The molecule has 2 aromatic rings. The van der Waals surface area contributed by atoms with Crippen LogP contribution in [0.3, 0.4) is 0 Å². The Morgan fingerprint density at radius 1 is 1.24 bits per heavy atom. The molecule has 1 aromatic heterocycles. The van der Waals surface area contributed by atoms with E-state index in [4.69, 9.17) is 11.6 Å². The number of aromatic nitrogens is 2. The third kappa shape index (κ3) is 5.73. The van der Waals surface area contributed by atoms with Crippen LogP contribution in [0.25, 0.3) is 0 Å². The summed E-state index contributed by atoms with van der Waals surface area (Å²) >= 11 is 5.81. The lowest BCUT2D eigenvalue weighted by Crippen LogP contribution is -2.38. The van der Waals surface area contributed by atoms with E-state index in [1.54, 1.807) is 30.6 Å². The minimum Gasteiger partial charge on any atom is -0.348 e. The average molecular weight is 383 g/mol. The van der Waals surface area contributed by atoms with Crippen molar-refractivity contribution < 1.29 is 8.42 Å². The Balaban J connectivity index is 1.42. The van der Waals surface area contributed by atoms with Gasteiger partial charge in [-0.05, 0) is 62.5 Å². The highest BCUT2D eigenvalue weighted by molar-refractivity contribution is 7.92. The molecule has 0 saturated carbocycles.